The summed E-state index contributed by atoms with van der Waals surface area (Å²) in [7, 11) is 0. The number of hydrogen-bond donors (Lipinski definition) is 0. The van der Waals surface area contributed by atoms with Gasteiger partial charge in [-0.15, -0.1) is 0 Å². The fourth-order valence-electron chi connectivity index (χ4n) is 10.1. The molecule has 294 valence electrons. The molecule has 2 aromatic heterocycles. The zero-order valence-corrected chi connectivity index (χ0v) is 34.0. The average Bonchev–Trinajstić information content (AvgIpc) is 3.88. The van der Waals surface area contributed by atoms with Gasteiger partial charge in [0.25, 0.3) is 0 Å². The summed E-state index contributed by atoms with van der Waals surface area (Å²) in [4.78, 5) is 10.4. The largest absolute Gasteiger partial charge is 0.457 e. The van der Waals surface area contributed by atoms with Crippen molar-refractivity contribution >= 4 is 21.9 Å². The third-order valence-corrected chi connectivity index (χ3v) is 13.0. The molecule has 1 aliphatic heterocycles. The number of ether oxygens (including phenoxy) is 1. The number of rotatable bonds is 5. The highest BCUT2D eigenvalue weighted by molar-refractivity contribution is 6.09. The van der Waals surface area contributed by atoms with E-state index >= 15 is 0 Å². The van der Waals surface area contributed by atoms with E-state index in [1.807, 2.05) is 30.3 Å². The Labute approximate surface area is 364 Å². The molecule has 1 aliphatic carbocycles. The molecule has 0 bridgehead atoms. The molecule has 0 saturated carbocycles. The second kappa shape index (κ2) is 13.8. The number of fused-ring (bicyclic) bond motifs is 12. The summed E-state index contributed by atoms with van der Waals surface area (Å²) in [5, 5.41) is 2.24. The van der Waals surface area contributed by atoms with Crippen LogP contribution in [0.4, 0.5) is 0 Å². The van der Waals surface area contributed by atoms with Gasteiger partial charge in [-0.2, -0.15) is 0 Å². The first-order valence-electron chi connectivity index (χ1n) is 21.4. The molecule has 1 spiro atoms. The number of nitrogens with zero attached hydrogens (tertiary/aromatic N) is 2. The monoisotopic (exact) mass is 804 g/mol. The summed E-state index contributed by atoms with van der Waals surface area (Å²) < 4.78 is 13.1. The summed E-state index contributed by atoms with van der Waals surface area (Å²) in [5.41, 5.74) is 17.6. The van der Waals surface area contributed by atoms with Crippen molar-refractivity contribution in [3.63, 3.8) is 0 Å². The van der Waals surface area contributed by atoms with E-state index in [1.165, 1.54) is 22.3 Å². The number of para-hydroxylation sites is 3. The Bertz CT molecular complexity index is 3560. The Morgan fingerprint density at radius 2 is 0.889 bits per heavy atom. The van der Waals surface area contributed by atoms with Gasteiger partial charge in [0.1, 0.15) is 22.7 Å². The van der Waals surface area contributed by atoms with Gasteiger partial charge in [0, 0.05) is 44.2 Å². The van der Waals surface area contributed by atoms with Crippen LogP contribution in [0.15, 0.2) is 223 Å². The van der Waals surface area contributed by atoms with Crippen molar-refractivity contribution in [2.45, 2.75) is 5.41 Å². The zero-order valence-electron chi connectivity index (χ0n) is 34.0. The van der Waals surface area contributed by atoms with Crippen LogP contribution in [0.2, 0.25) is 0 Å². The lowest BCUT2D eigenvalue weighted by molar-refractivity contribution is 0.436. The van der Waals surface area contributed by atoms with E-state index in [-0.39, 0.29) is 0 Å². The van der Waals surface area contributed by atoms with Gasteiger partial charge in [-0.05, 0) is 75.3 Å². The Kier molecular flexibility index (Phi) is 7.79. The molecule has 0 amide bonds. The molecule has 3 heterocycles. The maximum absolute atomic E-state index is 6.73. The van der Waals surface area contributed by atoms with Crippen LogP contribution in [-0.2, 0) is 5.41 Å². The van der Waals surface area contributed by atoms with Gasteiger partial charge in [0.05, 0.1) is 16.8 Å². The lowest BCUT2D eigenvalue weighted by Crippen LogP contribution is -2.32. The summed E-state index contributed by atoms with van der Waals surface area (Å²) in [6.07, 6.45) is 0. The molecule has 0 fully saturated rings. The molecule has 0 saturated heterocycles. The first-order chi connectivity index (χ1) is 31.2. The quantitative estimate of drug-likeness (QED) is 0.174. The predicted octanol–water partition coefficient (Wildman–Crippen LogP) is 15.2. The molecule has 4 nitrogen and oxygen atoms in total. The van der Waals surface area contributed by atoms with Crippen molar-refractivity contribution in [1.29, 1.82) is 0 Å². The number of hydrogen-bond acceptors (Lipinski definition) is 4. The van der Waals surface area contributed by atoms with Gasteiger partial charge in [0.2, 0.25) is 0 Å². The first kappa shape index (κ1) is 35.4. The topological polar surface area (TPSA) is 48.2 Å². The van der Waals surface area contributed by atoms with E-state index < -0.39 is 5.41 Å². The molecule has 9 aromatic carbocycles. The van der Waals surface area contributed by atoms with Crippen LogP contribution in [0.1, 0.15) is 22.3 Å². The fourth-order valence-corrected chi connectivity index (χ4v) is 10.1. The summed E-state index contributed by atoms with van der Waals surface area (Å²) in [5.74, 6) is 2.43. The Morgan fingerprint density at radius 3 is 1.70 bits per heavy atom. The third kappa shape index (κ3) is 5.41. The van der Waals surface area contributed by atoms with Gasteiger partial charge in [-0.1, -0.05) is 182 Å². The second-order valence-corrected chi connectivity index (χ2v) is 16.4. The van der Waals surface area contributed by atoms with Crippen LogP contribution in [0.3, 0.4) is 0 Å². The molecule has 13 rings (SSSR count). The molecule has 63 heavy (non-hydrogen) atoms. The van der Waals surface area contributed by atoms with E-state index in [4.69, 9.17) is 19.1 Å². The standard InChI is InChI=1S/C59H36N2O2/c1-2-14-39(15-3-1)58-60-52(38-30-28-37(29-31-38)43-21-13-22-47-46-20-6-10-26-54(46)63-57(43)47)36-53(61-58)42-17-12-16-40(34-42)41-32-33-56-51(35-41)59(50-25-9-11-27-55(50)62-56)48-23-7-4-18-44(48)45-19-5-8-24-49(45)59/h1-36H. The molecule has 11 aromatic rings. The highest BCUT2D eigenvalue weighted by atomic mass is 16.5. The van der Waals surface area contributed by atoms with Gasteiger partial charge in [-0.25, -0.2) is 9.97 Å². The molecule has 0 radical (unpaired) electrons. The third-order valence-electron chi connectivity index (χ3n) is 13.0. The SMILES string of the molecule is c1ccc(-c2nc(-c3ccc(-c4cccc5c4oc4ccccc45)cc3)cc(-c3cccc(-c4ccc5c(c4)C4(c6ccccc6O5)c5ccccc5-c5ccccc54)c3)n2)cc1. The molecular formula is C59H36N2O2. The van der Waals surface area contributed by atoms with Crippen LogP contribution in [0.25, 0.3) is 89.2 Å². The van der Waals surface area contributed by atoms with Crippen LogP contribution < -0.4 is 4.74 Å². The highest BCUT2D eigenvalue weighted by Crippen LogP contribution is 2.62. The van der Waals surface area contributed by atoms with E-state index in [1.54, 1.807) is 0 Å². The summed E-state index contributed by atoms with van der Waals surface area (Å²) >= 11 is 0. The smallest absolute Gasteiger partial charge is 0.160 e. The zero-order chi connectivity index (χ0) is 41.5. The van der Waals surface area contributed by atoms with Crippen molar-refractivity contribution in [3.05, 3.63) is 241 Å². The van der Waals surface area contributed by atoms with E-state index in [0.717, 1.165) is 94.9 Å². The van der Waals surface area contributed by atoms with Crippen LogP contribution in [0, 0.1) is 0 Å². The molecule has 4 heteroatoms. The maximum atomic E-state index is 6.73. The van der Waals surface area contributed by atoms with Gasteiger partial charge < -0.3 is 9.15 Å². The minimum Gasteiger partial charge on any atom is -0.457 e. The van der Waals surface area contributed by atoms with Crippen molar-refractivity contribution in [2.75, 3.05) is 0 Å². The lowest BCUT2D eigenvalue weighted by Gasteiger charge is -2.39. The minimum atomic E-state index is -0.536. The van der Waals surface area contributed by atoms with Crippen molar-refractivity contribution in [1.82, 2.24) is 9.97 Å². The number of furan rings is 1. The summed E-state index contributed by atoms with van der Waals surface area (Å²) in [6, 6.07) is 77.1. The van der Waals surface area contributed by atoms with Crippen LogP contribution >= 0.6 is 0 Å². The van der Waals surface area contributed by atoms with E-state index in [0.29, 0.717) is 5.82 Å². The normalized spacial score (nSPS) is 13.0. The lowest BCUT2D eigenvalue weighted by atomic mass is 9.66. The molecule has 0 N–H and O–H groups in total. The van der Waals surface area contributed by atoms with Crippen molar-refractivity contribution < 1.29 is 9.15 Å². The fraction of sp³-hybridized carbons (Fsp3) is 0.0169. The van der Waals surface area contributed by atoms with Gasteiger partial charge >= 0.3 is 0 Å². The molecule has 0 unspecified atom stereocenters. The van der Waals surface area contributed by atoms with E-state index in [9.17, 15) is 0 Å². The number of benzene rings is 9. The van der Waals surface area contributed by atoms with Gasteiger partial charge in [-0.3, -0.25) is 0 Å². The minimum absolute atomic E-state index is 0.536. The molecular weight excluding hydrogens is 769 g/mol. The maximum Gasteiger partial charge on any atom is 0.160 e. The average molecular weight is 805 g/mol. The van der Waals surface area contributed by atoms with Gasteiger partial charge in [0.15, 0.2) is 5.82 Å². The predicted molar refractivity (Wildman–Crippen MR) is 254 cm³/mol. The Morgan fingerprint density at radius 1 is 0.333 bits per heavy atom. The highest BCUT2D eigenvalue weighted by Gasteiger charge is 2.51. The van der Waals surface area contributed by atoms with Crippen LogP contribution in [0.5, 0.6) is 11.5 Å². The number of aromatic nitrogens is 2. The van der Waals surface area contributed by atoms with Crippen LogP contribution in [-0.4, -0.2) is 9.97 Å². The van der Waals surface area contributed by atoms with Crippen molar-refractivity contribution in [2.24, 2.45) is 0 Å². The van der Waals surface area contributed by atoms with Crippen molar-refractivity contribution in [3.8, 4) is 78.8 Å². The Balaban J connectivity index is 0.925. The molecule has 2 aliphatic rings. The van der Waals surface area contributed by atoms with E-state index in [2.05, 4.69) is 188 Å². The molecule has 0 atom stereocenters. The second-order valence-electron chi connectivity index (χ2n) is 16.4. The Hall–Kier alpha value is -8.34. The summed E-state index contributed by atoms with van der Waals surface area (Å²) in [6.45, 7) is 0. The first-order valence-corrected chi connectivity index (χ1v) is 21.4.